The number of benzene rings is 1. The van der Waals surface area contributed by atoms with E-state index in [1.807, 2.05) is 12.3 Å². The lowest BCUT2D eigenvalue weighted by Gasteiger charge is -2.17. The average molecular weight is 455 g/mol. The molecule has 3 aromatic rings. The molecule has 0 bridgehead atoms. The zero-order chi connectivity index (χ0) is 24.1. The number of nitrogens with zero attached hydrogens (tertiary/aromatic N) is 6. The predicted molar refractivity (Wildman–Crippen MR) is 134 cm³/mol. The minimum Gasteiger partial charge on any atom is -0.304 e. The van der Waals surface area contributed by atoms with E-state index >= 15 is 0 Å². The third-order valence-electron chi connectivity index (χ3n) is 6.13. The molecule has 0 unspecified atom stereocenters. The lowest BCUT2D eigenvalue weighted by atomic mass is 9.96. The first-order valence-electron chi connectivity index (χ1n) is 11.6. The molecule has 0 amide bonds. The topological polar surface area (TPSA) is 77.5 Å². The second-order valence-electron chi connectivity index (χ2n) is 8.73. The normalized spacial score (nSPS) is 16.4. The van der Waals surface area contributed by atoms with Gasteiger partial charge in [-0.15, -0.1) is 0 Å². The van der Waals surface area contributed by atoms with Gasteiger partial charge in [-0.05, 0) is 33.7 Å². The van der Waals surface area contributed by atoms with Gasteiger partial charge in [-0.2, -0.15) is 5.26 Å². The molecule has 0 atom stereocenters. The van der Waals surface area contributed by atoms with Crippen LogP contribution in [0.4, 0.5) is 0 Å². The van der Waals surface area contributed by atoms with Gasteiger partial charge in [0.1, 0.15) is 6.29 Å². The molecular formula is C27H30N6O. The number of carbonyl (C=O) groups is 1. The van der Waals surface area contributed by atoms with Gasteiger partial charge >= 0.3 is 0 Å². The molecule has 0 spiro atoms. The molecule has 1 saturated heterocycles. The van der Waals surface area contributed by atoms with Crippen molar-refractivity contribution >= 4 is 17.5 Å². The van der Waals surface area contributed by atoms with Gasteiger partial charge in [0.15, 0.2) is 5.65 Å². The number of rotatable bonds is 4. The van der Waals surface area contributed by atoms with Crippen molar-refractivity contribution in [2.45, 2.75) is 33.2 Å². The molecule has 2 aliphatic rings. The van der Waals surface area contributed by atoms with Crippen LogP contribution in [0.15, 0.2) is 54.4 Å². The summed E-state index contributed by atoms with van der Waals surface area (Å²) in [5.41, 5.74) is 7.91. The van der Waals surface area contributed by atoms with E-state index in [1.54, 1.807) is 0 Å². The van der Waals surface area contributed by atoms with Crippen LogP contribution in [0.1, 0.15) is 36.7 Å². The minimum absolute atomic E-state index is 0.750. The van der Waals surface area contributed by atoms with E-state index in [9.17, 15) is 5.26 Å². The number of aldehydes is 1. The summed E-state index contributed by atoms with van der Waals surface area (Å²) in [6.45, 7) is 7.43. The fourth-order valence-electron chi connectivity index (χ4n) is 4.39. The van der Waals surface area contributed by atoms with E-state index in [-0.39, 0.29) is 0 Å². The highest BCUT2D eigenvalue weighted by Gasteiger charge is 2.22. The molecule has 1 aromatic carbocycles. The maximum atomic E-state index is 9.58. The Morgan fingerprint density at radius 3 is 2.65 bits per heavy atom. The summed E-state index contributed by atoms with van der Waals surface area (Å²) in [5, 5.41) is 9.58. The molecule has 34 heavy (non-hydrogen) atoms. The molecule has 0 saturated carbocycles. The van der Waals surface area contributed by atoms with Crippen LogP contribution in [0.25, 0.3) is 22.5 Å². The molecule has 0 radical (unpaired) electrons. The first kappa shape index (κ1) is 23.6. The zero-order valence-corrected chi connectivity index (χ0v) is 20.0. The third kappa shape index (κ3) is 4.98. The van der Waals surface area contributed by atoms with Crippen molar-refractivity contribution in [1.29, 1.82) is 5.26 Å². The van der Waals surface area contributed by atoms with Crippen molar-refractivity contribution in [3.8, 4) is 17.3 Å². The number of imidazole rings is 1. The summed E-state index contributed by atoms with van der Waals surface area (Å²) in [6.07, 6.45) is 10.5. The monoisotopic (exact) mass is 454 g/mol. The fraction of sp³-hybridized carbons (Fsp3) is 0.333. The second kappa shape index (κ2) is 10.6. The fourth-order valence-corrected chi connectivity index (χ4v) is 4.39. The van der Waals surface area contributed by atoms with Gasteiger partial charge in [-0.3, -0.25) is 19.2 Å². The Hall–Kier alpha value is -3.60. The Morgan fingerprint density at radius 2 is 1.97 bits per heavy atom. The maximum absolute atomic E-state index is 9.58. The van der Waals surface area contributed by atoms with E-state index in [2.05, 4.69) is 75.8 Å². The summed E-state index contributed by atoms with van der Waals surface area (Å²) >= 11 is 0. The van der Waals surface area contributed by atoms with Crippen molar-refractivity contribution in [1.82, 2.24) is 24.2 Å². The van der Waals surface area contributed by atoms with Crippen molar-refractivity contribution in [2.75, 3.05) is 26.8 Å². The van der Waals surface area contributed by atoms with Gasteiger partial charge in [-0.25, -0.2) is 4.98 Å². The highest BCUT2D eigenvalue weighted by Crippen LogP contribution is 2.30. The maximum Gasteiger partial charge on any atom is 0.156 e. The molecule has 174 valence electrons. The number of fused-ring (bicyclic) bond motifs is 1. The Bertz CT molecular complexity index is 1280. The summed E-state index contributed by atoms with van der Waals surface area (Å²) in [7, 11) is 2.16. The van der Waals surface area contributed by atoms with Crippen LogP contribution < -0.4 is 0 Å². The number of aromatic nitrogens is 3. The first-order chi connectivity index (χ1) is 16.5. The lowest BCUT2D eigenvalue weighted by Crippen LogP contribution is -2.23. The lowest BCUT2D eigenvalue weighted by molar-refractivity contribution is -0.106. The van der Waals surface area contributed by atoms with Crippen molar-refractivity contribution in [3.05, 3.63) is 71.3 Å². The van der Waals surface area contributed by atoms with Crippen molar-refractivity contribution in [3.63, 3.8) is 0 Å². The largest absolute Gasteiger partial charge is 0.304 e. The van der Waals surface area contributed by atoms with Crippen molar-refractivity contribution in [2.24, 2.45) is 0 Å². The number of likely N-dealkylation sites (N-methyl/N-ethyl adjacent to an activating group) is 1. The standard InChI is InChI=1S/C25H26N6.C2H4O/c1-18-7-9-19(10-8-18)25-23(16-30-12-11-29(2)17-30)31-15-22(27-14-24(31)28-25)21-6-4-3-5-20(21)13-26;1-2-3/h4,6-10,14-15H,3,5,11-12,16-17H2,1-2H3;2H,1H3. The zero-order valence-electron chi connectivity index (χ0n) is 20.0. The van der Waals surface area contributed by atoms with Crippen LogP contribution in [-0.2, 0) is 11.3 Å². The van der Waals surface area contributed by atoms with Crippen LogP contribution in [0.2, 0.25) is 0 Å². The minimum atomic E-state index is 0.750. The van der Waals surface area contributed by atoms with Crippen LogP contribution >= 0.6 is 0 Å². The van der Waals surface area contributed by atoms with E-state index < -0.39 is 0 Å². The average Bonchev–Trinajstić information content (AvgIpc) is 3.43. The molecule has 3 heterocycles. The summed E-state index contributed by atoms with van der Waals surface area (Å²) in [5.74, 6) is 0. The molecule has 1 fully saturated rings. The van der Waals surface area contributed by atoms with E-state index in [1.165, 1.54) is 12.5 Å². The van der Waals surface area contributed by atoms with Crippen LogP contribution in [0.5, 0.6) is 0 Å². The van der Waals surface area contributed by atoms with Gasteiger partial charge in [0.25, 0.3) is 0 Å². The highest BCUT2D eigenvalue weighted by atomic mass is 16.1. The summed E-state index contributed by atoms with van der Waals surface area (Å²) in [4.78, 5) is 23.2. The Labute approximate surface area is 200 Å². The molecule has 1 aliphatic carbocycles. The third-order valence-corrected chi connectivity index (χ3v) is 6.13. The molecule has 1 aliphatic heterocycles. The Balaban J connectivity index is 0.000000868. The molecule has 5 rings (SSSR count). The molecule has 7 heteroatoms. The summed E-state index contributed by atoms with van der Waals surface area (Å²) < 4.78 is 2.17. The smallest absolute Gasteiger partial charge is 0.156 e. The van der Waals surface area contributed by atoms with Gasteiger partial charge in [0.2, 0.25) is 0 Å². The van der Waals surface area contributed by atoms with Gasteiger partial charge in [0, 0.05) is 42.5 Å². The van der Waals surface area contributed by atoms with Gasteiger partial charge in [-0.1, -0.05) is 42.0 Å². The van der Waals surface area contributed by atoms with Gasteiger partial charge < -0.3 is 4.79 Å². The van der Waals surface area contributed by atoms with E-state index in [4.69, 9.17) is 9.78 Å². The number of hydrogen-bond acceptors (Lipinski definition) is 6. The van der Waals surface area contributed by atoms with E-state index in [0.717, 1.165) is 84.9 Å². The summed E-state index contributed by atoms with van der Waals surface area (Å²) in [6, 6.07) is 10.9. The van der Waals surface area contributed by atoms with Crippen molar-refractivity contribution < 1.29 is 4.79 Å². The molecule has 7 nitrogen and oxygen atoms in total. The predicted octanol–water partition coefficient (Wildman–Crippen LogP) is 4.24. The number of nitriles is 1. The molecule has 2 aromatic heterocycles. The Kier molecular flexibility index (Phi) is 7.31. The number of allylic oxidation sites excluding steroid dienone is 4. The van der Waals surface area contributed by atoms with Crippen LogP contribution in [-0.4, -0.2) is 57.3 Å². The van der Waals surface area contributed by atoms with E-state index in [0.29, 0.717) is 0 Å². The SMILES string of the molecule is CC=O.Cc1ccc(-c2nc3cnc(C4=C(C#N)CCC=C4)cn3c2CN2CCN(C)C2)cc1. The Morgan fingerprint density at radius 1 is 1.21 bits per heavy atom. The first-order valence-corrected chi connectivity index (χ1v) is 11.6. The number of hydrogen-bond donors (Lipinski definition) is 0. The van der Waals surface area contributed by atoms with Crippen LogP contribution in [0, 0.1) is 18.3 Å². The number of aryl methyl sites for hydroxylation is 1. The second-order valence-corrected chi connectivity index (χ2v) is 8.73. The van der Waals surface area contributed by atoms with Gasteiger partial charge in [0.05, 0.1) is 36.0 Å². The van der Waals surface area contributed by atoms with Crippen LogP contribution in [0.3, 0.4) is 0 Å². The molecule has 0 N–H and O–H groups in total. The number of carbonyl (C=O) groups excluding carboxylic acids is 1. The molecular weight excluding hydrogens is 424 g/mol. The quantitative estimate of drug-likeness (QED) is 0.549. The highest BCUT2D eigenvalue weighted by molar-refractivity contribution is 5.78.